The number of para-hydroxylation sites is 1. The second kappa shape index (κ2) is 7.05. The van der Waals surface area contributed by atoms with Crippen molar-refractivity contribution in [2.24, 2.45) is 0 Å². The topological polar surface area (TPSA) is 50.8 Å². The third-order valence-corrected chi connectivity index (χ3v) is 4.75. The number of nitrogens with zero attached hydrogens (tertiary/aromatic N) is 1. The van der Waals surface area contributed by atoms with E-state index in [9.17, 15) is 4.79 Å². The number of fused-ring (bicyclic) bond motifs is 1. The van der Waals surface area contributed by atoms with Gasteiger partial charge >= 0.3 is 0 Å². The number of hydrogen-bond acceptors (Lipinski definition) is 4. The lowest BCUT2D eigenvalue weighted by atomic mass is 10.0. The lowest BCUT2D eigenvalue weighted by Gasteiger charge is -2.41. The van der Waals surface area contributed by atoms with Crippen molar-refractivity contribution in [2.75, 3.05) is 19.5 Å². The number of anilines is 1. The second-order valence-corrected chi connectivity index (χ2v) is 6.18. The Balaban J connectivity index is 2.08. The molecule has 0 unspecified atom stereocenters. The van der Waals surface area contributed by atoms with E-state index in [0.717, 1.165) is 17.7 Å². The summed E-state index contributed by atoms with van der Waals surface area (Å²) in [4.78, 5) is 15.0. The first-order valence-corrected chi connectivity index (χ1v) is 8.50. The molecule has 0 spiro atoms. The number of methoxy groups -OCH3 is 2. The molecule has 3 rings (SSSR count). The van der Waals surface area contributed by atoms with Crippen molar-refractivity contribution in [3.63, 3.8) is 0 Å². The molecule has 1 aliphatic rings. The summed E-state index contributed by atoms with van der Waals surface area (Å²) in [5.74, 6) is 1.37. The third kappa shape index (κ3) is 3.02. The van der Waals surface area contributed by atoms with Crippen molar-refractivity contribution in [1.29, 1.82) is 0 Å². The molecule has 0 aromatic heterocycles. The fourth-order valence-electron chi connectivity index (χ4n) is 3.19. The van der Waals surface area contributed by atoms with Crippen LogP contribution in [0.4, 0.5) is 5.69 Å². The maximum Gasteiger partial charge on any atom is 0.258 e. The number of hydrogen-bond donors (Lipinski definition) is 1. The Hall–Kier alpha value is -2.69. The van der Waals surface area contributed by atoms with Crippen LogP contribution in [0.3, 0.4) is 0 Å². The van der Waals surface area contributed by atoms with Crippen LogP contribution < -0.4 is 14.8 Å². The van der Waals surface area contributed by atoms with Crippen LogP contribution >= 0.6 is 0 Å². The van der Waals surface area contributed by atoms with Gasteiger partial charge in [0, 0.05) is 11.7 Å². The van der Waals surface area contributed by atoms with Gasteiger partial charge in [-0.25, -0.2) is 0 Å². The summed E-state index contributed by atoms with van der Waals surface area (Å²) in [6.45, 7) is 4.16. The Kier molecular flexibility index (Phi) is 4.83. The first-order valence-electron chi connectivity index (χ1n) is 8.50. The lowest BCUT2D eigenvalue weighted by molar-refractivity contribution is 0.0593. The van der Waals surface area contributed by atoms with Crippen LogP contribution in [0.1, 0.15) is 42.4 Å². The summed E-state index contributed by atoms with van der Waals surface area (Å²) in [6, 6.07) is 13.5. The Morgan fingerprint density at radius 2 is 1.84 bits per heavy atom. The Bertz CT molecular complexity index is 775. The summed E-state index contributed by atoms with van der Waals surface area (Å²) in [5, 5.41) is 3.51. The zero-order chi connectivity index (χ0) is 18.0. The molecule has 0 aliphatic carbocycles. The molecule has 25 heavy (non-hydrogen) atoms. The molecule has 0 fully saturated rings. The van der Waals surface area contributed by atoms with Crippen molar-refractivity contribution in [1.82, 2.24) is 4.90 Å². The molecule has 1 aliphatic heterocycles. The van der Waals surface area contributed by atoms with Gasteiger partial charge in [0.05, 0.1) is 19.8 Å². The molecule has 1 heterocycles. The van der Waals surface area contributed by atoms with Gasteiger partial charge in [-0.3, -0.25) is 4.79 Å². The predicted molar refractivity (Wildman–Crippen MR) is 98.3 cm³/mol. The van der Waals surface area contributed by atoms with E-state index in [1.165, 1.54) is 0 Å². The van der Waals surface area contributed by atoms with Crippen LogP contribution in [0.5, 0.6) is 11.5 Å². The predicted octanol–water partition coefficient (Wildman–Crippen LogP) is 4.07. The molecule has 1 amide bonds. The van der Waals surface area contributed by atoms with Gasteiger partial charge in [-0.05, 0) is 43.2 Å². The van der Waals surface area contributed by atoms with E-state index in [1.54, 1.807) is 14.2 Å². The first-order chi connectivity index (χ1) is 12.1. The quantitative estimate of drug-likeness (QED) is 0.891. The van der Waals surface area contributed by atoms with Gasteiger partial charge in [0.25, 0.3) is 5.91 Å². The number of carbonyl (C=O) groups is 1. The molecule has 0 saturated heterocycles. The number of carbonyl (C=O) groups excluding carboxylic acids is 1. The average Bonchev–Trinajstić information content (AvgIpc) is 2.66. The fraction of sp³-hybridized carbons (Fsp3) is 0.350. The van der Waals surface area contributed by atoms with E-state index in [2.05, 4.69) is 19.2 Å². The lowest BCUT2D eigenvalue weighted by Crippen LogP contribution is -2.47. The van der Waals surface area contributed by atoms with Crippen LogP contribution in [0, 0.1) is 0 Å². The first kappa shape index (κ1) is 17.1. The van der Waals surface area contributed by atoms with Gasteiger partial charge in [-0.15, -0.1) is 0 Å². The number of ether oxygens (including phenoxy) is 2. The number of benzene rings is 2. The Morgan fingerprint density at radius 1 is 1.12 bits per heavy atom. The monoisotopic (exact) mass is 340 g/mol. The van der Waals surface area contributed by atoms with E-state index in [-0.39, 0.29) is 18.1 Å². The van der Waals surface area contributed by atoms with Crippen molar-refractivity contribution in [2.45, 2.75) is 32.5 Å². The van der Waals surface area contributed by atoms with Crippen molar-refractivity contribution < 1.29 is 14.3 Å². The summed E-state index contributed by atoms with van der Waals surface area (Å²) in [5.41, 5.74) is 2.52. The molecule has 2 aromatic carbocycles. The highest BCUT2D eigenvalue weighted by atomic mass is 16.5. The van der Waals surface area contributed by atoms with Crippen molar-refractivity contribution in [3.05, 3.63) is 53.6 Å². The Morgan fingerprint density at radius 3 is 2.52 bits per heavy atom. The second-order valence-electron chi connectivity index (χ2n) is 6.18. The normalized spacial score (nSPS) is 17.5. The van der Waals surface area contributed by atoms with Crippen LogP contribution in [0.25, 0.3) is 0 Å². The minimum absolute atomic E-state index is 0.0449. The molecule has 5 nitrogen and oxygen atoms in total. The van der Waals surface area contributed by atoms with Gasteiger partial charge in [0.2, 0.25) is 0 Å². The van der Waals surface area contributed by atoms with Crippen LogP contribution in [0.2, 0.25) is 0 Å². The largest absolute Gasteiger partial charge is 0.493 e. The van der Waals surface area contributed by atoms with Crippen molar-refractivity contribution in [3.8, 4) is 11.5 Å². The Labute approximate surface area is 148 Å². The molecule has 0 bridgehead atoms. The van der Waals surface area contributed by atoms with E-state index >= 15 is 0 Å². The van der Waals surface area contributed by atoms with Gasteiger partial charge in [-0.1, -0.05) is 25.1 Å². The summed E-state index contributed by atoms with van der Waals surface area (Å²) < 4.78 is 10.8. The molecule has 1 N–H and O–H groups in total. The number of rotatable bonds is 5. The summed E-state index contributed by atoms with van der Waals surface area (Å²) in [6.07, 6.45) is 0.622. The SMILES string of the molecule is CC[C@H](C)N1C(=O)c2ccccc2N[C@H]1c1ccc(OC)c(OC)c1. The molecule has 2 atom stereocenters. The number of nitrogens with one attached hydrogen (secondary N) is 1. The number of amides is 1. The maximum atomic E-state index is 13.1. The molecule has 0 radical (unpaired) electrons. The van der Waals surface area contributed by atoms with Crippen LogP contribution in [-0.4, -0.2) is 31.1 Å². The highest BCUT2D eigenvalue weighted by Crippen LogP contribution is 2.38. The van der Waals surface area contributed by atoms with Crippen LogP contribution in [-0.2, 0) is 0 Å². The molecule has 5 heteroatoms. The standard InChI is InChI=1S/C20H24N2O3/c1-5-13(2)22-19(14-10-11-17(24-3)18(12-14)25-4)21-16-9-7-6-8-15(16)20(22)23/h6-13,19,21H,5H2,1-4H3/t13-,19+/m0/s1. The zero-order valence-electron chi connectivity index (χ0n) is 15.1. The fourth-order valence-corrected chi connectivity index (χ4v) is 3.19. The van der Waals surface area contributed by atoms with Gasteiger partial charge in [0.1, 0.15) is 6.17 Å². The maximum absolute atomic E-state index is 13.1. The van der Waals surface area contributed by atoms with Gasteiger partial charge in [0.15, 0.2) is 11.5 Å². The molecule has 0 saturated carbocycles. The molecular weight excluding hydrogens is 316 g/mol. The average molecular weight is 340 g/mol. The summed E-state index contributed by atoms with van der Waals surface area (Å²) in [7, 11) is 3.23. The van der Waals surface area contributed by atoms with E-state index in [0.29, 0.717) is 17.1 Å². The smallest absolute Gasteiger partial charge is 0.258 e. The molecular formula is C20H24N2O3. The highest BCUT2D eigenvalue weighted by molar-refractivity contribution is 6.01. The van der Waals surface area contributed by atoms with E-state index in [4.69, 9.17) is 9.47 Å². The third-order valence-electron chi connectivity index (χ3n) is 4.75. The molecule has 2 aromatic rings. The van der Waals surface area contributed by atoms with Gasteiger partial charge < -0.3 is 19.7 Å². The molecule has 132 valence electrons. The van der Waals surface area contributed by atoms with E-state index in [1.807, 2.05) is 47.4 Å². The highest BCUT2D eigenvalue weighted by Gasteiger charge is 2.35. The summed E-state index contributed by atoms with van der Waals surface area (Å²) >= 11 is 0. The zero-order valence-corrected chi connectivity index (χ0v) is 15.1. The minimum atomic E-state index is -0.253. The van der Waals surface area contributed by atoms with Gasteiger partial charge in [-0.2, -0.15) is 0 Å². The van der Waals surface area contributed by atoms with Crippen molar-refractivity contribution >= 4 is 11.6 Å². The van der Waals surface area contributed by atoms with Crippen LogP contribution in [0.15, 0.2) is 42.5 Å². The minimum Gasteiger partial charge on any atom is -0.493 e. The van der Waals surface area contributed by atoms with E-state index < -0.39 is 0 Å².